The number of rotatable bonds is 7. The van der Waals surface area contributed by atoms with Gasteiger partial charge < -0.3 is 25.0 Å². The lowest BCUT2D eigenvalue weighted by molar-refractivity contribution is 0.0278. The summed E-state index contributed by atoms with van der Waals surface area (Å²) in [6, 6.07) is 7.89. The number of methoxy groups -OCH3 is 1. The van der Waals surface area contributed by atoms with Crippen molar-refractivity contribution in [3.05, 3.63) is 29.8 Å². The Balaban J connectivity index is 2.41. The second-order valence-electron chi connectivity index (χ2n) is 7.62. The third-order valence-corrected chi connectivity index (χ3v) is 3.73. The Morgan fingerprint density at radius 3 is 2.59 bits per heavy atom. The number of nitrogens with zero attached hydrogens (tertiary/aromatic N) is 2. The molecule has 1 rings (SSSR count). The zero-order valence-electron chi connectivity index (χ0n) is 17.6. The van der Waals surface area contributed by atoms with Crippen LogP contribution in [0.25, 0.3) is 0 Å². The normalized spacial score (nSPS) is 12.9. The molecule has 7 heteroatoms. The highest BCUT2D eigenvalue weighted by Crippen LogP contribution is 2.12. The van der Waals surface area contributed by atoms with Gasteiger partial charge in [0.1, 0.15) is 11.4 Å². The van der Waals surface area contributed by atoms with Crippen LogP contribution in [-0.2, 0) is 11.3 Å². The third kappa shape index (κ3) is 9.17. The SMILES string of the molecule is CN=C(NCc1cccc(OC)c1)NCC(C)CN(C)C(=O)OC(C)(C)C. The van der Waals surface area contributed by atoms with E-state index >= 15 is 0 Å². The molecule has 1 amide bonds. The molecule has 7 nitrogen and oxygen atoms in total. The first-order chi connectivity index (χ1) is 12.6. The lowest BCUT2D eigenvalue weighted by Gasteiger charge is -2.26. The van der Waals surface area contributed by atoms with E-state index in [-0.39, 0.29) is 12.0 Å². The summed E-state index contributed by atoms with van der Waals surface area (Å²) in [6.07, 6.45) is -0.310. The first-order valence-electron chi connectivity index (χ1n) is 9.16. The molecular weight excluding hydrogens is 344 g/mol. The Hall–Kier alpha value is -2.44. The Morgan fingerprint density at radius 2 is 2.00 bits per heavy atom. The van der Waals surface area contributed by atoms with E-state index in [9.17, 15) is 4.79 Å². The summed E-state index contributed by atoms with van der Waals surface area (Å²) in [5.74, 6) is 1.78. The molecule has 2 N–H and O–H groups in total. The minimum absolute atomic E-state index is 0.234. The predicted octanol–water partition coefficient (Wildman–Crippen LogP) is 2.86. The van der Waals surface area contributed by atoms with E-state index in [1.807, 2.05) is 45.0 Å². The number of carbonyl (C=O) groups excluding carboxylic acids is 1. The molecule has 1 aromatic rings. The van der Waals surface area contributed by atoms with Gasteiger partial charge in [0, 0.05) is 33.7 Å². The van der Waals surface area contributed by atoms with Gasteiger partial charge in [-0.05, 0) is 44.4 Å². The molecule has 1 unspecified atom stereocenters. The van der Waals surface area contributed by atoms with Crippen LogP contribution in [-0.4, -0.2) is 56.8 Å². The molecule has 1 aromatic carbocycles. The van der Waals surface area contributed by atoms with Gasteiger partial charge in [-0.1, -0.05) is 19.1 Å². The second-order valence-corrected chi connectivity index (χ2v) is 7.62. The highest BCUT2D eigenvalue weighted by Gasteiger charge is 2.20. The van der Waals surface area contributed by atoms with Gasteiger partial charge in [-0.25, -0.2) is 4.79 Å². The molecule has 0 fully saturated rings. The average Bonchev–Trinajstić information content (AvgIpc) is 2.60. The van der Waals surface area contributed by atoms with Gasteiger partial charge in [-0.2, -0.15) is 0 Å². The molecule has 0 spiro atoms. The van der Waals surface area contributed by atoms with E-state index < -0.39 is 5.60 Å². The van der Waals surface area contributed by atoms with E-state index in [4.69, 9.17) is 9.47 Å². The molecule has 152 valence electrons. The van der Waals surface area contributed by atoms with Crippen molar-refractivity contribution in [2.75, 3.05) is 34.3 Å². The van der Waals surface area contributed by atoms with E-state index in [2.05, 4.69) is 22.5 Å². The molecule has 0 aliphatic heterocycles. The zero-order valence-corrected chi connectivity index (χ0v) is 17.6. The zero-order chi connectivity index (χ0) is 20.4. The second kappa shape index (κ2) is 10.6. The first kappa shape index (κ1) is 22.6. The molecule has 0 bridgehead atoms. The number of carbonyl (C=O) groups is 1. The van der Waals surface area contributed by atoms with E-state index in [1.165, 1.54) is 0 Å². The summed E-state index contributed by atoms with van der Waals surface area (Å²) >= 11 is 0. The van der Waals surface area contributed by atoms with Crippen molar-refractivity contribution in [3.63, 3.8) is 0 Å². The highest BCUT2D eigenvalue weighted by molar-refractivity contribution is 5.79. The fourth-order valence-electron chi connectivity index (χ4n) is 2.41. The first-order valence-corrected chi connectivity index (χ1v) is 9.16. The molecule has 27 heavy (non-hydrogen) atoms. The Morgan fingerprint density at radius 1 is 1.30 bits per heavy atom. The summed E-state index contributed by atoms with van der Waals surface area (Å²) in [5.41, 5.74) is 0.619. The van der Waals surface area contributed by atoms with Crippen molar-refractivity contribution in [1.82, 2.24) is 15.5 Å². The van der Waals surface area contributed by atoms with Crippen LogP contribution in [0, 0.1) is 5.92 Å². The van der Waals surface area contributed by atoms with Crippen LogP contribution in [0.4, 0.5) is 4.79 Å². The molecule has 0 heterocycles. The number of hydrogen-bond acceptors (Lipinski definition) is 4. The van der Waals surface area contributed by atoms with Gasteiger partial charge in [0.2, 0.25) is 0 Å². The van der Waals surface area contributed by atoms with E-state index in [0.717, 1.165) is 11.3 Å². The van der Waals surface area contributed by atoms with Crippen LogP contribution in [0.3, 0.4) is 0 Å². The monoisotopic (exact) mass is 378 g/mol. The third-order valence-electron chi connectivity index (χ3n) is 3.73. The summed E-state index contributed by atoms with van der Waals surface area (Å²) < 4.78 is 10.6. The number of hydrogen-bond donors (Lipinski definition) is 2. The lowest BCUT2D eigenvalue weighted by atomic mass is 10.1. The average molecular weight is 379 g/mol. The van der Waals surface area contributed by atoms with Gasteiger partial charge in [-0.15, -0.1) is 0 Å². The number of aliphatic imine (C=N–C) groups is 1. The van der Waals surface area contributed by atoms with Gasteiger partial charge in [0.25, 0.3) is 0 Å². The molecule has 0 radical (unpaired) electrons. The van der Waals surface area contributed by atoms with Crippen molar-refractivity contribution in [2.45, 2.75) is 39.8 Å². The molecule has 0 aromatic heterocycles. The Bertz CT molecular complexity index is 626. The molecule has 0 aliphatic rings. The molecule has 0 aliphatic carbocycles. The lowest BCUT2D eigenvalue weighted by Crippen LogP contribution is -2.42. The minimum atomic E-state index is -0.487. The van der Waals surface area contributed by atoms with Crippen LogP contribution in [0.5, 0.6) is 5.75 Å². The summed E-state index contributed by atoms with van der Waals surface area (Å²) in [7, 11) is 5.14. The summed E-state index contributed by atoms with van der Waals surface area (Å²) in [5, 5.41) is 6.57. The van der Waals surface area contributed by atoms with E-state index in [1.54, 1.807) is 26.1 Å². The molecule has 0 saturated carbocycles. The van der Waals surface area contributed by atoms with Crippen molar-refractivity contribution in [1.29, 1.82) is 0 Å². The van der Waals surface area contributed by atoms with Crippen LogP contribution in [0.2, 0.25) is 0 Å². The van der Waals surface area contributed by atoms with Gasteiger partial charge in [-0.3, -0.25) is 4.99 Å². The quantitative estimate of drug-likeness (QED) is 0.564. The van der Waals surface area contributed by atoms with Gasteiger partial charge in [0.05, 0.1) is 7.11 Å². The van der Waals surface area contributed by atoms with Crippen molar-refractivity contribution < 1.29 is 14.3 Å². The maximum atomic E-state index is 12.0. The van der Waals surface area contributed by atoms with Crippen molar-refractivity contribution >= 4 is 12.1 Å². The van der Waals surface area contributed by atoms with Crippen molar-refractivity contribution in [3.8, 4) is 5.75 Å². The Kier molecular flexibility index (Phi) is 8.91. The number of nitrogens with one attached hydrogen (secondary N) is 2. The smallest absolute Gasteiger partial charge is 0.410 e. The fourth-order valence-corrected chi connectivity index (χ4v) is 2.41. The topological polar surface area (TPSA) is 75.2 Å². The molecule has 0 saturated heterocycles. The van der Waals surface area contributed by atoms with E-state index in [0.29, 0.717) is 25.6 Å². The van der Waals surface area contributed by atoms with Crippen LogP contribution in [0.1, 0.15) is 33.3 Å². The number of amides is 1. The number of ether oxygens (including phenoxy) is 2. The van der Waals surface area contributed by atoms with Crippen molar-refractivity contribution in [2.24, 2.45) is 10.9 Å². The van der Waals surface area contributed by atoms with Crippen LogP contribution < -0.4 is 15.4 Å². The number of benzene rings is 1. The van der Waals surface area contributed by atoms with Crippen LogP contribution in [0.15, 0.2) is 29.3 Å². The molecular formula is C20H34N4O3. The summed E-state index contributed by atoms with van der Waals surface area (Å²) in [6.45, 7) is 9.58. The maximum absolute atomic E-state index is 12.0. The summed E-state index contributed by atoms with van der Waals surface area (Å²) in [4.78, 5) is 17.9. The van der Waals surface area contributed by atoms with Gasteiger partial charge >= 0.3 is 6.09 Å². The fraction of sp³-hybridized carbons (Fsp3) is 0.600. The standard InChI is InChI=1S/C20H34N4O3/c1-15(14-24(6)19(25)27-20(2,3)4)12-22-18(21-5)23-13-16-9-8-10-17(11-16)26-7/h8-11,15H,12-14H2,1-7H3,(H2,21,22,23). The largest absolute Gasteiger partial charge is 0.497 e. The minimum Gasteiger partial charge on any atom is -0.497 e. The predicted molar refractivity (Wildman–Crippen MR) is 109 cm³/mol. The molecule has 1 atom stereocenters. The maximum Gasteiger partial charge on any atom is 0.410 e. The van der Waals surface area contributed by atoms with Crippen LogP contribution >= 0.6 is 0 Å². The highest BCUT2D eigenvalue weighted by atomic mass is 16.6. The Labute approximate surface area is 163 Å². The number of guanidine groups is 1. The van der Waals surface area contributed by atoms with Gasteiger partial charge in [0.15, 0.2) is 5.96 Å².